The molecule has 1 atom stereocenters. The average Bonchev–Trinajstić information content (AvgIpc) is 2.42. The number of likely N-dealkylation sites (N-methyl/N-ethyl adjacent to an activating group) is 1. The molecule has 1 amide bonds. The second-order valence-electron chi connectivity index (χ2n) is 4.29. The Morgan fingerprint density at radius 3 is 3.05 bits per heavy atom. The van der Waals surface area contributed by atoms with Gasteiger partial charge in [0.05, 0.1) is 18.2 Å². The number of anilines is 1. The molecule has 2 rings (SSSR count). The minimum Gasteiger partial charge on any atom is -0.482 e. The average molecular weight is 276 g/mol. The van der Waals surface area contributed by atoms with E-state index in [0.29, 0.717) is 17.0 Å². The molecule has 8 nitrogen and oxygen atoms in total. The fourth-order valence-corrected chi connectivity index (χ4v) is 1.95. The Bertz CT molecular complexity index is 609. The highest BCUT2D eigenvalue weighted by Gasteiger charge is 2.24. The minimum absolute atomic E-state index is 0.0300. The van der Waals surface area contributed by atoms with Gasteiger partial charge in [0.2, 0.25) is 0 Å². The molecule has 0 saturated carbocycles. The SMILES string of the molecule is CN1C(=O)COc2ccc(C(CC(=O)O)N=[N+]=[N-])cc21. The standard InChI is InChI=1S/C12H12N4O4/c1-16-9-4-7(8(14-15-13)5-12(18)19)2-3-10(9)20-6-11(16)17/h2-4,8H,5-6H2,1H3,(H,18,19). The number of fused-ring (bicyclic) bond motifs is 1. The normalized spacial score (nSPS) is 14.8. The van der Waals surface area contributed by atoms with Crippen LogP contribution in [0.1, 0.15) is 18.0 Å². The predicted molar refractivity (Wildman–Crippen MR) is 69.5 cm³/mol. The molecule has 104 valence electrons. The first-order valence-electron chi connectivity index (χ1n) is 5.82. The molecule has 1 aromatic rings. The molecule has 0 saturated heterocycles. The molecule has 20 heavy (non-hydrogen) atoms. The smallest absolute Gasteiger partial charge is 0.304 e. The lowest BCUT2D eigenvalue weighted by molar-refractivity contribution is -0.137. The second-order valence-corrected chi connectivity index (χ2v) is 4.29. The summed E-state index contributed by atoms with van der Waals surface area (Å²) in [6.07, 6.45) is -0.318. The number of rotatable bonds is 4. The third-order valence-corrected chi connectivity index (χ3v) is 3.01. The summed E-state index contributed by atoms with van der Waals surface area (Å²) >= 11 is 0. The number of carboxylic acids is 1. The third-order valence-electron chi connectivity index (χ3n) is 3.01. The van der Waals surface area contributed by atoms with Gasteiger partial charge in [0, 0.05) is 12.0 Å². The van der Waals surface area contributed by atoms with Crippen LogP contribution in [-0.2, 0) is 9.59 Å². The molecule has 0 spiro atoms. The number of ether oxygens (including phenoxy) is 1. The van der Waals surface area contributed by atoms with Crippen molar-refractivity contribution in [3.8, 4) is 5.75 Å². The van der Waals surface area contributed by atoms with E-state index in [9.17, 15) is 9.59 Å². The number of aliphatic carboxylic acids is 1. The molecule has 0 bridgehead atoms. The number of hydrogen-bond acceptors (Lipinski definition) is 4. The van der Waals surface area contributed by atoms with Gasteiger partial charge in [0.15, 0.2) is 6.61 Å². The largest absolute Gasteiger partial charge is 0.482 e. The lowest BCUT2D eigenvalue weighted by Gasteiger charge is -2.26. The summed E-state index contributed by atoms with van der Waals surface area (Å²) in [5, 5.41) is 12.3. The van der Waals surface area contributed by atoms with Crippen molar-refractivity contribution in [2.24, 2.45) is 5.11 Å². The molecule has 1 aromatic carbocycles. The number of carbonyl (C=O) groups is 2. The highest BCUT2D eigenvalue weighted by molar-refractivity contribution is 5.97. The molecule has 0 radical (unpaired) electrons. The van der Waals surface area contributed by atoms with Gasteiger partial charge >= 0.3 is 5.97 Å². The van der Waals surface area contributed by atoms with E-state index in [-0.39, 0.29) is 18.9 Å². The number of azide groups is 1. The zero-order chi connectivity index (χ0) is 14.7. The van der Waals surface area contributed by atoms with E-state index in [2.05, 4.69) is 10.0 Å². The number of amides is 1. The monoisotopic (exact) mass is 276 g/mol. The molecular weight excluding hydrogens is 264 g/mol. The Balaban J connectivity index is 2.40. The van der Waals surface area contributed by atoms with Crippen LogP contribution >= 0.6 is 0 Å². The first-order valence-corrected chi connectivity index (χ1v) is 5.82. The van der Waals surface area contributed by atoms with E-state index in [0.717, 1.165) is 0 Å². The number of carbonyl (C=O) groups excluding carboxylic acids is 1. The first kappa shape index (κ1) is 13.7. The van der Waals surface area contributed by atoms with Crippen molar-refractivity contribution in [2.45, 2.75) is 12.5 Å². The van der Waals surface area contributed by atoms with Gasteiger partial charge < -0.3 is 14.7 Å². The summed E-state index contributed by atoms with van der Waals surface area (Å²) in [5.41, 5.74) is 9.57. The van der Waals surface area contributed by atoms with Gasteiger partial charge in [-0.3, -0.25) is 9.59 Å². The van der Waals surface area contributed by atoms with Crippen molar-refractivity contribution in [1.82, 2.24) is 0 Å². The third kappa shape index (κ3) is 2.65. The van der Waals surface area contributed by atoms with Gasteiger partial charge in [-0.1, -0.05) is 11.2 Å². The van der Waals surface area contributed by atoms with Gasteiger partial charge in [-0.15, -0.1) is 0 Å². The molecule has 0 fully saturated rings. The van der Waals surface area contributed by atoms with E-state index >= 15 is 0 Å². The van der Waals surface area contributed by atoms with Gasteiger partial charge in [-0.25, -0.2) is 0 Å². The predicted octanol–water partition coefficient (Wildman–Crippen LogP) is 1.87. The van der Waals surface area contributed by atoms with E-state index < -0.39 is 12.0 Å². The fourth-order valence-electron chi connectivity index (χ4n) is 1.95. The van der Waals surface area contributed by atoms with Gasteiger partial charge in [0.1, 0.15) is 5.75 Å². The van der Waals surface area contributed by atoms with Crippen molar-refractivity contribution in [2.75, 3.05) is 18.6 Å². The number of benzene rings is 1. The Morgan fingerprint density at radius 1 is 1.65 bits per heavy atom. The highest BCUT2D eigenvalue weighted by atomic mass is 16.5. The van der Waals surface area contributed by atoms with Gasteiger partial charge in [0.25, 0.3) is 5.91 Å². The molecule has 1 unspecified atom stereocenters. The van der Waals surface area contributed by atoms with Crippen molar-refractivity contribution < 1.29 is 19.4 Å². The Labute approximate surface area is 114 Å². The molecule has 1 N–H and O–H groups in total. The van der Waals surface area contributed by atoms with E-state index in [1.54, 1.807) is 25.2 Å². The van der Waals surface area contributed by atoms with E-state index in [1.165, 1.54) is 4.90 Å². The van der Waals surface area contributed by atoms with Crippen molar-refractivity contribution in [3.63, 3.8) is 0 Å². The lowest BCUT2D eigenvalue weighted by atomic mass is 10.0. The summed E-state index contributed by atoms with van der Waals surface area (Å²) in [4.78, 5) is 26.4. The van der Waals surface area contributed by atoms with Gasteiger partial charge in [-0.2, -0.15) is 0 Å². The summed E-state index contributed by atoms with van der Waals surface area (Å²) in [7, 11) is 1.60. The van der Waals surface area contributed by atoms with Crippen LogP contribution in [0.5, 0.6) is 5.75 Å². The van der Waals surface area contributed by atoms with Crippen LogP contribution in [0.4, 0.5) is 5.69 Å². The Hall–Kier alpha value is -2.73. The zero-order valence-corrected chi connectivity index (χ0v) is 10.7. The number of carboxylic acid groups (broad SMARTS) is 1. The lowest BCUT2D eigenvalue weighted by Crippen LogP contribution is -2.35. The topological polar surface area (TPSA) is 116 Å². The maximum Gasteiger partial charge on any atom is 0.304 e. The van der Waals surface area contributed by atoms with Crippen LogP contribution in [0.25, 0.3) is 10.4 Å². The summed E-state index contributed by atoms with van der Waals surface area (Å²) in [6.45, 7) is -0.0300. The first-order chi connectivity index (χ1) is 9.52. The molecule has 1 aliphatic rings. The maximum atomic E-state index is 11.6. The zero-order valence-electron chi connectivity index (χ0n) is 10.7. The fraction of sp³-hybridized carbons (Fsp3) is 0.333. The Morgan fingerprint density at radius 2 is 2.40 bits per heavy atom. The molecule has 0 aliphatic carbocycles. The van der Waals surface area contributed by atoms with E-state index in [4.69, 9.17) is 15.4 Å². The van der Waals surface area contributed by atoms with E-state index in [1.807, 2.05) is 0 Å². The maximum absolute atomic E-state index is 11.6. The molecule has 1 aliphatic heterocycles. The molecule has 8 heteroatoms. The second kappa shape index (κ2) is 5.50. The molecule has 1 heterocycles. The Kier molecular flexibility index (Phi) is 3.76. The molecular formula is C12H12N4O4. The van der Waals surface area contributed by atoms with Crippen LogP contribution in [0.15, 0.2) is 23.3 Å². The van der Waals surface area contributed by atoms with Crippen LogP contribution < -0.4 is 9.64 Å². The van der Waals surface area contributed by atoms with Crippen molar-refractivity contribution in [3.05, 3.63) is 34.2 Å². The number of hydrogen-bond donors (Lipinski definition) is 1. The van der Waals surface area contributed by atoms with Crippen molar-refractivity contribution >= 4 is 17.6 Å². The quantitative estimate of drug-likeness (QED) is 0.513. The van der Waals surface area contributed by atoms with Crippen LogP contribution in [0.2, 0.25) is 0 Å². The summed E-state index contributed by atoms with van der Waals surface area (Å²) < 4.78 is 5.27. The van der Waals surface area contributed by atoms with Crippen LogP contribution in [-0.4, -0.2) is 30.6 Å². The molecule has 0 aromatic heterocycles. The van der Waals surface area contributed by atoms with Gasteiger partial charge in [-0.05, 0) is 23.2 Å². The minimum atomic E-state index is -1.07. The summed E-state index contributed by atoms with van der Waals surface area (Å²) in [5.74, 6) is -0.736. The van der Waals surface area contributed by atoms with Crippen LogP contribution in [0, 0.1) is 0 Å². The highest BCUT2D eigenvalue weighted by Crippen LogP contribution is 2.35. The number of nitrogens with zero attached hydrogens (tertiary/aromatic N) is 4. The summed E-state index contributed by atoms with van der Waals surface area (Å²) in [6, 6.07) is 4.04. The van der Waals surface area contributed by atoms with Crippen LogP contribution in [0.3, 0.4) is 0 Å². The van der Waals surface area contributed by atoms with Crippen molar-refractivity contribution in [1.29, 1.82) is 0 Å².